The highest BCUT2D eigenvalue weighted by Gasteiger charge is 2.05. The molecule has 0 N–H and O–H groups in total. The van der Waals surface area contributed by atoms with Gasteiger partial charge in [-0.05, 0) is 25.1 Å². The van der Waals surface area contributed by atoms with Crippen LogP contribution in [0, 0.1) is 0 Å². The van der Waals surface area contributed by atoms with Crippen molar-refractivity contribution in [2.75, 3.05) is 0 Å². The molecule has 0 atom stereocenters. The Bertz CT molecular complexity index is 190. The second kappa shape index (κ2) is 10.1. The predicted octanol–water partition coefficient (Wildman–Crippen LogP) is 4.02. The molecule has 0 aromatic heterocycles. The van der Waals surface area contributed by atoms with Gasteiger partial charge in [0, 0.05) is 12.8 Å². The summed E-state index contributed by atoms with van der Waals surface area (Å²) in [6, 6.07) is 0. The summed E-state index contributed by atoms with van der Waals surface area (Å²) in [5.41, 5.74) is 0. The first kappa shape index (κ1) is 14.6. The van der Waals surface area contributed by atoms with E-state index in [0.29, 0.717) is 17.9 Å². The van der Waals surface area contributed by atoms with Crippen molar-refractivity contribution >= 4 is 23.2 Å². The fraction of sp³-hybridized carbons (Fsp3) is 0.833. The normalized spacial score (nSPS) is 10.0. The van der Waals surface area contributed by atoms with Gasteiger partial charge in [0.15, 0.2) is 5.05 Å². The van der Waals surface area contributed by atoms with E-state index >= 15 is 0 Å². The summed E-state index contributed by atoms with van der Waals surface area (Å²) in [6.07, 6.45) is 7.88. The molecule has 0 aromatic rings. The lowest BCUT2D eigenvalue weighted by Crippen LogP contribution is -2.09. The lowest BCUT2D eigenvalue weighted by atomic mass is 10.1. The second-order valence-electron chi connectivity index (χ2n) is 3.76. The van der Waals surface area contributed by atoms with Crippen LogP contribution in [0.2, 0.25) is 0 Å². The van der Waals surface area contributed by atoms with Crippen molar-refractivity contribution in [2.24, 2.45) is 0 Å². The molecule has 0 aromatic carbocycles. The maximum Gasteiger partial charge on any atom is 0.311 e. The van der Waals surface area contributed by atoms with Crippen LogP contribution in [-0.4, -0.2) is 11.0 Å². The zero-order valence-electron chi connectivity index (χ0n) is 9.88. The van der Waals surface area contributed by atoms with Gasteiger partial charge in [-0.25, -0.2) is 0 Å². The van der Waals surface area contributed by atoms with Crippen LogP contribution in [0.15, 0.2) is 0 Å². The molecule has 0 bridgehead atoms. The summed E-state index contributed by atoms with van der Waals surface area (Å²) >= 11 is 4.91. The Labute approximate surface area is 98.4 Å². The molecule has 0 aliphatic rings. The molecule has 15 heavy (non-hydrogen) atoms. The summed E-state index contributed by atoms with van der Waals surface area (Å²) in [5.74, 6) is -0.162. The number of thiocarbonyl (C=S) groups is 1. The number of carbonyl (C=O) groups is 1. The molecule has 0 unspecified atom stereocenters. The third-order valence-electron chi connectivity index (χ3n) is 2.17. The Morgan fingerprint density at radius 3 is 2.27 bits per heavy atom. The Kier molecular flexibility index (Phi) is 9.79. The molecule has 88 valence electrons. The number of rotatable bonds is 8. The lowest BCUT2D eigenvalue weighted by molar-refractivity contribution is -0.135. The van der Waals surface area contributed by atoms with Crippen LogP contribution in [0.25, 0.3) is 0 Å². The molecule has 0 amide bonds. The Morgan fingerprint density at radius 1 is 1.00 bits per heavy atom. The van der Waals surface area contributed by atoms with Gasteiger partial charge in [-0.1, -0.05) is 39.5 Å². The van der Waals surface area contributed by atoms with Gasteiger partial charge in [-0.2, -0.15) is 0 Å². The van der Waals surface area contributed by atoms with Crippen molar-refractivity contribution in [2.45, 2.75) is 65.2 Å². The number of ether oxygens (including phenoxy) is 1. The van der Waals surface area contributed by atoms with E-state index in [1.807, 2.05) is 6.92 Å². The van der Waals surface area contributed by atoms with E-state index in [2.05, 4.69) is 6.92 Å². The van der Waals surface area contributed by atoms with Crippen LogP contribution in [0.3, 0.4) is 0 Å². The highest BCUT2D eigenvalue weighted by atomic mass is 32.1. The number of esters is 1. The Balaban J connectivity index is 3.37. The fourth-order valence-electron chi connectivity index (χ4n) is 1.31. The highest BCUT2D eigenvalue weighted by molar-refractivity contribution is 7.80. The summed E-state index contributed by atoms with van der Waals surface area (Å²) < 4.78 is 4.99. The zero-order chi connectivity index (χ0) is 11.5. The average Bonchev–Trinajstić information content (AvgIpc) is 2.17. The van der Waals surface area contributed by atoms with Crippen molar-refractivity contribution in [3.05, 3.63) is 0 Å². The smallest absolute Gasteiger partial charge is 0.311 e. The van der Waals surface area contributed by atoms with Crippen LogP contribution < -0.4 is 0 Å². The molecular weight excluding hydrogens is 208 g/mol. The number of hydrogen-bond donors (Lipinski definition) is 0. The van der Waals surface area contributed by atoms with Crippen LogP contribution in [0.5, 0.6) is 0 Å². The monoisotopic (exact) mass is 230 g/mol. The van der Waals surface area contributed by atoms with Gasteiger partial charge in [0.2, 0.25) is 0 Å². The number of hydrogen-bond acceptors (Lipinski definition) is 3. The average molecular weight is 230 g/mol. The molecule has 0 fully saturated rings. The maximum atomic E-state index is 11.3. The lowest BCUT2D eigenvalue weighted by Gasteiger charge is -2.04. The van der Waals surface area contributed by atoms with Crippen molar-refractivity contribution in [3.8, 4) is 0 Å². The van der Waals surface area contributed by atoms with E-state index in [-0.39, 0.29) is 5.97 Å². The van der Waals surface area contributed by atoms with Gasteiger partial charge in [0.05, 0.1) is 0 Å². The Morgan fingerprint density at radius 2 is 1.67 bits per heavy atom. The van der Waals surface area contributed by atoms with Crippen molar-refractivity contribution in [1.29, 1.82) is 0 Å². The molecule has 0 heterocycles. The first-order valence-electron chi connectivity index (χ1n) is 5.94. The second-order valence-corrected chi connectivity index (χ2v) is 4.22. The van der Waals surface area contributed by atoms with Crippen LogP contribution in [-0.2, 0) is 9.53 Å². The molecule has 0 saturated heterocycles. The summed E-state index contributed by atoms with van der Waals surface area (Å²) in [5, 5.41) is 0.441. The summed E-state index contributed by atoms with van der Waals surface area (Å²) in [4.78, 5) is 11.3. The Hall–Kier alpha value is -0.440. The van der Waals surface area contributed by atoms with Crippen LogP contribution >= 0.6 is 12.2 Å². The molecule has 3 heteroatoms. The maximum absolute atomic E-state index is 11.3. The third kappa shape index (κ3) is 9.85. The summed E-state index contributed by atoms with van der Waals surface area (Å²) in [7, 11) is 0. The van der Waals surface area contributed by atoms with Crippen LogP contribution in [0.1, 0.15) is 65.2 Å². The molecule has 0 radical (unpaired) electrons. The zero-order valence-corrected chi connectivity index (χ0v) is 10.7. The topological polar surface area (TPSA) is 26.3 Å². The van der Waals surface area contributed by atoms with Crippen LogP contribution in [0.4, 0.5) is 0 Å². The number of carbonyl (C=O) groups excluding carboxylic acids is 1. The van der Waals surface area contributed by atoms with Gasteiger partial charge in [0.1, 0.15) is 0 Å². The van der Waals surface area contributed by atoms with E-state index in [9.17, 15) is 4.79 Å². The fourth-order valence-corrected chi connectivity index (χ4v) is 1.60. The SMILES string of the molecule is CCCCCCCC(=O)OC(=S)CCC. The minimum Gasteiger partial charge on any atom is -0.419 e. The van der Waals surface area contributed by atoms with E-state index in [1.54, 1.807) is 0 Å². The van der Waals surface area contributed by atoms with Gasteiger partial charge in [-0.3, -0.25) is 4.79 Å². The standard InChI is InChI=1S/C12H22O2S/c1-3-5-6-7-8-10-11(13)14-12(15)9-4-2/h3-10H2,1-2H3. The van der Waals surface area contributed by atoms with Crippen molar-refractivity contribution in [1.82, 2.24) is 0 Å². The summed E-state index contributed by atoms with van der Waals surface area (Å²) in [6.45, 7) is 4.20. The van der Waals surface area contributed by atoms with Gasteiger partial charge >= 0.3 is 5.97 Å². The van der Waals surface area contributed by atoms with Gasteiger partial charge in [-0.15, -0.1) is 0 Å². The molecular formula is C12H22O2S. The minimum absolute atomic E-state index is 0.162. The van der Waals surface area contributed by atoms with Crippen molar-refractivity contribution in [3.63, 3.8) is 0 Å². The molecule has 0 aliphatic heterocycles. The first-order chi connectivity index (χ1) is 7.20. The van der Waals surface area contributed by atoms with Gasteiger partial charge in [0.25, 0.3) is 0 Å². The number of unbranched alkanes of at least 4 members (excludes halogenated alkanes) is 4. The van der Waals surface area contributed by atoms with E-state index in [4.69, 9.17) is 17.0 Å². The van der Waals surface area contributed by atoms with E-state index in [0.717, 1.165) is 19.3 Å². The molecule has 0 saturated carbocycles. The minimum atomic E-state index is -0.162. The first-order valence-corrected chi connectivity index (χ1v) is 6.35. The third-order valence-corrected chi connectivity index (χ3v) is 2.45. The molecule has 2 nitrogen and oxygen atoms in total. The largest absolute Gasteiger partial charge is 0.419 e. The molecule has 0 spiro atoms. The predicted molar refractivity (Wildman–Crippen MR) is 67.0 cm³/mol. The van der Waals surface area contributed by atoms with E-state index in [1.165, 1.54) is 19.3 Å². The van der Waals surface area contributed by atoms with Crippen molar-refractivity contribution < 1.29 is 9.53 Å². The molecule has 0 rings (SSSR count). The molecule has 0 aliphatic carbocycles. The van der Waals surface area contributed by atoms with E-state index < -0.39 is 0 Å². The quantitative estimate of drug-likeness (QED) is 0.358. The highest BCUT2D eigenvalue weighted by Crippen LogP contribution is 2.06. The van der Waals surface area contributed by atoms with Gasteiger partial charge < -0.3 is 4.74 Å².